The molecular formula is C17H32ClNO2. The van der Waals surface area contributed by atoms with E-state index in [0.29, 0.717) is 12.5 Å². The third-order valence-corrected chi connectivity index (χ3v) is 5.03. The van der Waals surface area contributed by atoms with Crippen LogP contribution in [0.5, 0.6) is 0 Å². The number of nitrogens with zero attached hydrogens (tertiary/aromatic N) is 1. The third-order valence-electron chi connectivity index (χ3n) is 5.03. The molecular weight excluding hydrogens is 286 g/mol. The topological polar surface area (TPSA) is 29.5 Å². The highest BCUT2D eigenvalue weighted by Gasteiger charge is 2.31. The Morgan fingerprint density at radius 1 is 1.29 bits per heavy atom. The number of carbonyl (C=O) groups is 1. The van der Waals surface area contributed by atoms with E-state index in [2.05, 4.69) is 18.7 Å². The average molecular weight is 318 g/mol. The fraction of sp³-hybridized carbons (Fsp3) is 0.941. The molecule has 124 valence electrons. The van der Waals surface area contributed by atoms with Crippen molar-refractivity contribution in [1.82, 2.24) is 4.90 Å². The molecule has 0 spiro atoms. The SMILES string of the molecule is CCCC(C(=O)OCCN1CCC(C)C1)C1CCCC1.Cl. The van der Waals surface area contributed by atoms with Crippen molar-refractivity contribution in [3.05, 3.63) is 0 Å². The summed E-state index contributed by atoms with van der Waals surface area (Å²) in [4.78, 5) is 14.7. The number of carbonyl (C=O) groups excluding carboxylic acids is 1. The monoisotopic (exact) mass is 317 g/mol. The number of rotatable bonds is 7. The summed E-state index contributed by atoms with van der Waals surface area (Å²) < 4.78 is 5.59. The Hall–Kier alpha value is -0.280. The average Bonchev–Trinajstić information content (AvgIpc) is 3.07. The van der Waals surface area contributed by atoms with E-state index in [-0.39, 0.29) is 24.3 Å². The summed E-state index contributed by atoms with van der Waals surface area (Å²) in [5, 5.41) is 0. The van der Waals surface area contributed by atoms with E-state index in [9.17, 15) is 4.79 Å². The molecule has 1 saturated heterocycles. The molecule has 2 aliphatic rings. The van der Waals surface area contributed by atoms with Crippen LogP contribution in [0, 0.1) is 17.8 Å². The van der Waals surface area contributed by atoms with Gasteiger partial charge < -0.3 is 4.74 Å². The molecule has 1 aliphatic carbocycles. The van der Waals surface area contributed by atoms with Gasteiger partial charge in [0.2, 0.25) is 0 Å². The van der Waals surface area contributed by atoms with Gasteiger partial charge in [-0.05, 0) is 44.1 Å². The Bertz CT molecular complexity index is 305. The van der Waals surface area contributed by atoms with Crippen LogP contribution in [0.3, 0.4) is 0 Å². The van der Waals surface area contributed by atoms with E-state index in [0.717, 1.165) is 25.3 Å². The zero-order valence-electron chi connectivity index (χ0n) is 13.7. The minimum atomic E-state index is 0. The van der Waals surface area contributed by atoms with Gasteiger partial charge in [0.1, 0.15) is 6.61 Å². The predicted octanol–water partition coefficient (Wildman–Crippen LogP) is 3.90. The first-order chi connectivity index (χ1) is 9.70. The normalized spacial score (nSPS) is 24.8. The van der Waals surface area contributed by atoms with Gasteiger partial charge in [-0.3, -0.25) is 9.69 Å². The van der Waals surface area contributed by atoms with Crippen molar-refractivity contribution in [2.45, 2.75) is 58.8 Å². The fourth-order valence-electron chi connectivity index (χ4n) is 3.83. The van der Waals surface area contributed by atoms with E-state index in [1.165, 1.54) is 45.2 Å². The van der Waals surface area contributed by atoms with Crippen molar-refractivity contribution >= 4 is 18.4 Å². The predicted molar refractivity (Wildman–Crippen MR) is 88.8 cm³/mol. The number of hydrogen-bond donors (Lipinski definition) is 0. The summed E-state index contributed by atoms with van der Waals surface area (Å²) in [5.41, 5.74) is 0. The first-order valence-electron chi connectivity index (χ1n) is 8.59. The molecule has 3 nitrogen and oxygen atoms in total. The molecule has 0 bridgehead atoms. The van der Waals surface area contributed by atoms with Crippen molar-refractivity contribution < 1.29 is 9.53 Å². The Labute approximate surface area is 136 Å². The van der Waals surface area contributed by atoms with Crippen LogP contribution in [-0.2, 0) is 9.53 Å². The van der Waals surface area contributed by atoms with E-state index in [4.69, 9.17) is 4.74 Å². The molecule has 0 aromatic carbocycles. The van der Waals surface area contributed by atoms with Gasteiger partial charge in [-0.25, -0.2) is 0 Å². The van der Waals surface area contributed by atoms with Crippen LogP contribution in [-0.4, -0.2) is 37.1 Å². The summed E-state index contributed by atoms with van der Waals surface area (Å²) >= 11 is 0. The highest BCUT2D eigenvalue weighted by molar-refractivity contribution is 5.85. The quantitative estimate of drug-likeness (QED) is 0.667. The summed E-state index contributed by atoms with van der Waals surface area (Å²) in [6.45, 7) is 8.29. The van der Waals surface area contributed by atoms with Crippen LogP contribution in [0.25, 0.3) is 0 Å². The van der Waals surface area contributed by atoms with Gasteiger partial charge in [0.15, 0.2) is 0 Å². The zero-order valence-corrected chi connectivity index (χ0v) is 14.5. The summed E-state index contributed by atoms with van der Waals surface area (Å²) in [7, 11) is 0. The van der Waals surface area contributed by atoms with Crippen molar-refractivity contribution in [3.63, 3.8) is 0 Å². The molecule has 0 amide bonds. The molecule has 2 rings (SSSR count). The molecule has 1 heterocycles. The van der Waals surface area contributed by atoms with E-state index >= 15 is 0 Å². The lowest BCUT2D eigenvalue weighted by molar-refractivity contribution is -0.151. The van der Waals surface area contributed by atoms with E-state index in [1.54, 1.807) is 0 Å². The van der Waals surface area contributed by atoms with Crippen LogP contribution in [0.2, 0.25) is 0 Å². The molecule has 0 aromatic heterocycles. The molecule has 21 heavy (non-hydrogen) atoms. The van der Waals surface area contributed by atoms with Crippen molar-refractivity contribution in [2.24, 2.45) is 17.8 Å². The van der Waals surface area contributed by atoms with E-state index < -0.39 is 0 Å². The summed E-state index contributed by atoms with van der Waals surface area (Å²) in [6, 6.07) is 0. The molecule has 2 atom stereocenters. The molecule has 0 aromatic rings. The maximum atomic E-state index is 12.3. The second-order valence-electron chi connectivity index (χ2n) is 6.80. The van der Waals surface area contributed by atoms with Gasteiger partial charge in [0.05, 0.1) is 5.92 Å². The Morgan fingerprint density at radius 3 is 2.57 bits per heavy atom. The lowest BCUT2D eigenvalue weighted by Crippen LogP contribution is -2.29. The van der Waals surface area contributed by atoms with Gasteiger partial charge in [-0.1, -0.05) is 33.1 Å². The first-order valence-corrected chi connectivity index (χ1v) is 8.59. The van der Waals surface area contributed by atoms with E-state index in [1.807, 2.05) is 0 Å². The number of esters is 1. The minimum absolute atomic E-state index is 0. The van der Waals surface area contributed by atoms with Crippen LogP contribution in [0.4, 0.5) is 0 Å². The second-order valence-corrected chi connectivity index (χ2v) is 6.80. The Balaban J connectivity index is 0.00000220. The van der Waals surface area contributed by atoms with Gasteiger partial charge in [0, 0.05) is 13.1 Å². The molecule has 2 unspecified atom stereocenters. The molecule has 4 heteroatoms. The minimum Gasteiger partial charge on any atom is -0.464 e. The number of likely N-dealkylation sites (tertiary alicyclic amines) is 1. The van der Waals surface area contributed by atoms with Gasteiger partial charge >= 0.3 is 5.97 Å². The van der Waals surface area contributed by atoms with Crippen molar-refractivity contribution in [2.75, 3.05) is 26.2 Å². The standard InChI is InChI=1S/C17H31NO2.ClH/c1-3-6-16(15-7-4-5-8-15)17(19)20-12-11-18-10-9-14(2)13-18;/h14-16H,3-13H2,1-2H3;1H. The van der Waals surface area contributed by atoms with Gasteiger partial charge in [-0.2, -0.15) is 0 Å². The summed E-state index contributed by atoms with van der Waals surface area (Å²) in [6.07, 6.45) is 8.42. The molecule has 1 aliphatic heterocycles. The first kappa shape index (κ1) is 18.8. The fourth-order valence-corrected chi connectivity index (χ4v) is 3.83. The Kier molecular flexibility index (Phi) is 8.65. The Morgan fingerprint density at radius 2 is 2.00 bits per heavy atom. The second kappa shape index (κ2) is 9.68. The van der Waals surface area contributed by atoms with Crippen LogP contribution < -0.4 is 0 Å². The lowest BCUT2D eigenvalue weighted by Gasteiger charge is -2.22. The summed E-state index contributed by atoms with van der Waals surface area (Å²) in [5.74, 6) is 1.64. The lowest BCUT2D eigenvalue weighted by atomic mass is 9.87. The molecule has 0 N–H and O–H groups in total. The number of ether oxygens (including phenoxy) is 1. The zero-order chi connectivity index (χ0) is 14.4. The van der Waals surface area contributed by atoms with Crippen LogP contribution >= 0.6 is 12.4 Å². The molecule has 2 fully saturated rings. The maximum absolute atomic E-state index is 12.3. The maximum Gasteiger partial charge on any atom is 0.309 e. The van der Waals surface area contributed by atoms with Crippen molar-refractivity contribution in [3.8, 4) is 0 Å². The van der Waals surface area contributed by atoms with Gasteiger partial charge in [-0.15, -0.1) is 12.4 Å². The molecule has 0 radical (unpaired) electrons. The number of hydrogen-bond acceptors (Lipinski definition) is 3. The van der Waals surface area contributed by atoms with Crippen molar-refractivity contribution in [1.29, 1.82) is 0 Å². The highest BCUT2D eigenvalue weighted by atomic mass is 35.5. The van der Waals surface area contributed by atoms with Crippen LogP contribution in [0.1, 0.15) is 58.8 Å². The molecule has 1 saturated carbocycles. The largest absolute Gasteiger partial charge is 0.464 e. The smallest absolute Gasteiger partial charge is 0.309 e. The van der Waals surface area contributed by atoms with Crippen LogP contribution in [0.15, 0.2) is 0 Å². The number of halogens is 1. The highest BCUT2D eigenvalue weighted by Crippen LogP contribution is 2.34. The third kappa shape index (κ3) is 5.78. The van der Waals surface area contributed by atoms with Gasteiger partial charge in [0.25, 0.3) is 0 Å².